The summed E-state index contributed by atoms with van der Waals surface area (Å²) in [5.41, 5.74) is 7.96. The van der Waals surface area contributed by atoms with Gasteiger partial charge in [-0.3, -0.25) is 0 Å². The van der Waals surface area contributed by atoms with Crippen molar-refractivity contribution in [3.8, 4) is 23.0 Å². The van der Waals surface area contributed by atoms with Gasteiger partial charge in [0.25, 0.3) is 0 Å². The van der Waals surface area contributed by atoms with Crippen molar-refractivity contribution in [3.63, 3.8) is 0 Å². The van der Waals surface area contributed by atoms with Gasteiger partial charge in [0.2, 0.25) is 0 Å². The van der Waals surface area contributed by atoms with Crippen molar-refractivity contribution in [2.24, 2.45) is 0 Å². The minimum Gasteiger partial charge on any atom is -0.493 e. The zero-order valence-electron chi connectivity index (χ0n) is 28.8. The predicted molar refractivity (Wildman–Crippen MR) is 206 cm³/mol. The highest BCUT2D eigenvalue weighted by Gasteiger charge is 2.24. The van der Waals surface area contributed by atoms with Crippen molar-refractivity contribution < 1.29 is 38.7 Å². The summed E-state index contributed by atoms with van der Waals surface area (Å²) in [6, 6.07) is 26.1. The van der Waals surface area contributed by atoms with E-state index in [1.807, 2.05) is 0 Å². The van der Waals surface area contributed by atoms with Crippen LogP contribution in [0.15, 0.2) is 81.7 Å². The second kappa shape index (κ2) is 20.3. The van der Waals surface area contributed by atoms with Crippen LogP contribution in [-0.2, 0) is 35.3 Å². The van der Waals surface area contributed by atoms with Gasteiger partial charge in [-0.1, -0.05) is 56.1 Å². The van der Waals surface area contributed by atoms with E-state index in [4.69, 9.17) is 38.7 Å². The van der Waals surface area contributed by atoms with E-state index < -0.39 is 11.9 Å². The maximum Gasteiger partial charge on any atom is 0.414 e. The van der Waals surface area contributed by atoms with E-state index in [1.165, 1.54) is 33.4 Å². The van der Waals surface area contributed by atoms with Crippen LogP contribution in [0, 0.1) is 0 Å². The number of rotatable bonds is 8. The Hall–Kier alpha value is -3.81. The molecule has 2 unspecified atom stereocenters. The van der Waals surface area contributed by atoms with Gasteiger partial charge >= 0.3 is 11.9 Å². The highest BCUT2D eigenvalue weighted by atomic mass is 79.9. The smallest absolute Gasteiger partial charge is 0.414 e. The predicted octanol–water partition coefficient (Wildman–Crippen LogP) is 7.37. The Morgan fingerprint density at radius 3 is 1.22 bits per heavy atom. The van der Waals surface area contributed by atoms with Gasteiger partial charge in [-0.25, -0.2) is 9.59 Å². The molecule has 2 aliphatic rings. The molecule has 4 aromatic carbocycles. The number of benzene rings is 4. The molecule has 0 radical (unpaired) electrons. The fourth-order valence-electron chi connectivity index (χ4n) is 6.01. The molecule has 10 nitrogen and oxygen atoms in total. The molecule has 0 fully saturated rings. The van der Waals surface area contributed by atoms with E-state index in [-0.39, 0.29) is 12.4 Å². The van der Waals surface area contributed by atoms with E-state index in [0.717, 1.165) is 70.7 Å². The lowest BCUT2D eigenvalue weighted by atomic mass is 9.90. The van der Waals surface area contributed by atoms with Crippen LogP contribution in [0.5, 0.6) is 23.0 Å². The van der Waals surface area contributed by atoms with Crippen molar-refractivity contribution in [3.05, 3.63) is 115 Å². The Kier molecular flexibility index (Phi) is 16.6. The number of ether oxygens (including phenoxy) is 4. The number of carboxylic acids is 2. The summed E-state index contributed by atoms with van der Waals surface area (Å²) in [5.74, 6) is -0.433. The summed E-state index contributed by atoms with van der Waals surface area (Å²) in [5, 5.41) is 22.0. The third kappa shape index (κ3) is 11.6. The largest absolute Gasteiger partial charge is 0.493 e. The van der Waals surface area contributed by atoms with Gasteiger partial charge in [0.1, 0.15) is 0 Å². The average Bonchev–Trinajstić information content (AvgIpc) is 3.13. The monoisotopic (exact) mass is 848 g/mol. The Morgan fingerprint density at radius 2 is 0.922 bits per heavy atom. The van der Waals surface area contributed by atoms with Gasteiger partial charge in [0.15, 0.2) is 23.0 Å². The molecule has 0 saturated heterocycles. The van der Waals surface area contributed by atoms with Gasteiger partial charge in [-0.05, 0) is 121 Å². The Bertz CT molecular complexity index is 1630. The molecular formula is C38H43Br2ClN2O8. The Morgan fingerprint density at radius 1 is 0.608 bits per heavy atom. The normalized spacial score (nSPS) is 15.5. The van der Waals surface area contributed by atoms with E-state index in [2.05, 4.69) is 115 Å². The number of methoxy groups -OCH3 is 4. The van der Waals surface area contributed by atoms with E-state index in [1.54, 1.807) is 28.4 Å². The molecule has 0 aromatic heterocycles. The second-order valence-corrected chi connectivity index (χ2v) is 13.4. The fraction of sp³-hybridized carbons (Fsp3) is 0.316. The van der Waals surface area contributed by atoms with Gasteiger partial charge < -0.3 is 39.8 Å². The first kappa shape index (κ1) is 41.6. The summed E-state index contributed by atoms with van der Waals surface area (Å²) >= 11 is 6.97. The van der Waals surface area contributed by atoms with Crippen molar-refractivity contribution in [2.45, 2.75) is 37.8 Å². The molecule has 2 heterocycles. The summed E-state index contributed by atoms with van der Waals surface area (Å²) in [4.78, 5) is 18.2. The molecule has 0 aliphatic carbocycles. The van der Waals surface area contributed by atoms with Crippen LogP contribution in [0.2, 0.25) is 0 Å². The number of halogens is 3. The van der Waals surface area contributed by atoms with E-state index in [9.17, 15) is 0 Å². The number of fused-ring (bicyclic) bond motifs is 2. The lowest BCUT2D eigenvalue weighted by Gasteiger charge is -2.28. The molecule has 2 aliphatic heterocycles. The van der Waals surface area contributed by atoms with Crippen LogP contribution in [0.1, 0.15) is 45.5 Å². The molecule has 0 spiro atoms. The standard InChI is InChI=1S/2C18H20BrNO2.C2H2O4.ClH/c2*1-21-17-10-13-7-8-20-16(15(13)11-18(17)22-2)9-12-3-5-14(19)6-4-12;3-1(4)2(5)6;/h2*3-6,10-11,16,20H,7-9H2,1-2H3;(H,3,4)(H,5,6);1H. The van der Waals surface area contributed by atoms with Crippen molar-refractivity contribution in [1.82, 2.24) is 10.6 Å². The molecule has 274 valence electrons. The first-order valence-corrected chi connectivity index (χ1v) is 17.6. The van der Waals surface area contributed by atoms with Gasteiger partial charge in [0.05, 0.1) is 28.4 Å². The highest BCUT2D eigenvalue weighted by molar-refractivity contribution is 9.10. The minimum atomic E-state index is -1.82. The zero-order valence-corrected chi connectivity index (χ0v) is 32.8. The van der Waals surface area contributed by atoms with E-state index >= 15 is 0 Å². The highest BCUT2D eigenvalue weighted by Crippen LogP contribution is 2.37. The molecule has 13 heteroatoms. The van der Waals surface area contributed by atoms with Crippen LogP contribution >= 0.6 is 44.3 Å². The van der Waals surface area contributed by atoms with Crippen LogP contribution in [0.4, 0.5) is 0 Å². The third-order valence-corrected chi connectivity index (χ3v) is 9.56. The number of carboxylic acid groups (broad SMARTS) is 2. The summed E-state index contributed by atoms with van der Waals surface area (Å²) in [7, 11) is 6.74. The van der Waals surface area contributed by atoms with Crippen LogP contribution in [0.25, 0.3) is 0 Å². The van der Waals surface area contributed by atoms with Crippen LogP contribution in [-0.4, -0.2) is 63.7 Å². The summed E-state index contributed by atoms with van der Waals surface area (Å²) in [6.07, 6.45) is 3.98. The second-order valence-electron chi connectivity index (χ2n) is 11.6. The fourth-order valence-corrected chi connectivity index (χ4v) is 6.54. The third-order valence-electron chi connectivity index (χ3n) is 8.50. The molecule has 51 heavy (non-hydrogen) atoms. The van der Waals surface area contributed by atoms with Crippen LogP contribution < -0.4 is 29.6 Å². The zero-order chi connectivity index (χ0) is 36.2. The Balaban J connectivity index is 0.000000234. The first-order valence-electron chi connectivity index (χ1n) is 16.0. The number of nitrogens with one attached hydrogen (secondary N) is 2. The SMILES string of the molecule is COc1cc2c(cc1OC)C(Cc1ccc(Br)cc1)NCC2.COc1cc2c(cc1OC)C(Cc1ccc(Br)cc1)NCC2.Cl.O=C(O)C(=O)O. The Labute approximate surface area is 321 Å². The number of carbonyl (C=O) groups is 2. The van der Waals surface area contributed by atoms with Crippen LogP contribution in [0.3, 0.4) is 0 Å². The summed E-state index contributed by atoms with van der Waals surface area (Å²) < 4.78 is 24.0. The van der Waals surface area contributed by atoms with Crippen molar-refractivity contribution in [1.29, 1.82) is 0 Å². The number of hydrogen-bond acceptors (Lipinski definition) is 8. The average molecular weight is 851 g/mol. The first-order chi connectivity index (χ1) is 24.1. The number of hydrogen-bond donors (Lipinski definition) is 4. The lowest BCUT2D eigenvalue weighted by molar-refractivity contribution is -0.159. The van der Waals surface area contributed by atoms with E-state index in [0.29, 0.717) is 12.1 Å². The van der Waals surface area contributed by atoms with Gasteiger partial charge in [-0.15, -0.1) is 12.4 Å². The molecule has 6 rings (SSSR count). The quantitative estimate of drug-likeness (QED) is 0.133. The molecule has 0 bridgehead atoms. The summed E-state index contributed by atoms with van der Waals surface area (Å²) in [6.45, 7) is 1.98. The maximum absolute atomic E-state index is 9.10. The maximum atomic E-state index is 9.10. The molecular weight excluding hydrogens is 808 g/mol. The molecule has 4 aromatic rings. The molecule has 2 atom stereocenters. The lowest BCUT2D eigenvalue weighted by Crippen LogP contribution is -2.31. The van der Waals surface area contributed by atoms with Crippen molar-refractivity contribution >= 4 is 56.2 Å². The van der Waals surface area contributed by atoms with Crippen molar-refractivity contribution in [2.75, 3.05) is 41.5 Å². The molecule has 4 N–H and O–H groups in total. The molecule has 0 saturated carbocycles. The number of aliphatic carboxylic acids is 2. The topological polar surface area (TPSA) is 136 Å². The van der Waals surface area contributed by atoms with Gasteiger partial charge in [-0.2, -0.15) is 0 Å². The minimum absolute atomic E-state index is 0. The van der Waals surface area contributed by atoms with Gasteiger partial charge in [0, 0.05) is 21.0 Å². The molecule has 0 amide bonds.